The van der Waals surface area contributed by atoms with Gasteiger partial charge in [0.05, 0.1) is 23.2 Å². The van der Waals surface area contributed by atoms with E-state index in [1.54, 1.807) is 45.9 Å². The number of hydrogen-bond acceptors (Lipinski definition) is 10. The Morgan fingerprint density at radius 1 is 1.05 bits per heavy atom. The van der Waals surface area contributed by atoms with E-state index in [0.717, 1.165) is 5.39 Å². The number of amides is 4. The van der Waals surface area contributed by atoms with E-state index in [1.165, 1.54) is 4.90 Å². The van der Waals surface area contributed by atoms with E-state index in [-0.39, 0.29) is 25.5 Å². The molecule has 4 amide bonds. The number of nitrogens with one attached hydrogen (secondary N) is 3. The number of ether oxygens (including phenoxy) is 3. The summed E-state index contributed by atoms with van der Waals surface area (Å²) in [6.07, 6.45) is -5.47. The number of cyclic esters (lactones) is 1. The molecule has 17 heteroatoms. The Labute approximate surface area is 316 Å². The molecule has 14 nitrogen and oxygen atoms in total. The molecule has 55 heavy (non-hydrogen) atoms. The zero-order valence-corrected chi connectivity index (χ0v) is 31.5. The van der Waals surface area contributed by atoms with Gasteiger partial charge in [0.15, 0.2) is 0 Å². The molecule has 2 unspecified atom stereocenters. The van der Waals surface area contributed by atoms with Crippen molar-refractivity contribution in [2.24, 2.45) is 11.3 Å². The normalized spacial score (nSPS) is 27.2. The Bertz CT molecular complexity index is 2140. The van der Waals surface area contributed by atoms with Gasteiger partial charge in [-0.1, -0.05) is 51.1 Å². The molecule has 4 bridgehead atoms. The first-order valence-electron chi connectivity index (χ1n) is 18.2. The molecule has 7 rings (SSSR count). The molecule has 2 aliphatic carbocycles. The molecule has 3 heterocycles. The van der Waals surface area contributed by atoms with Gasteiger partial charge >= 0.3 is 6.09 Å². The number of hydrogen-bond donors (Lipinski definition) is 3. The van der Waals surface area contributed by atoms with Gasteiger partial charge in [0.1, 0.15) is 42.2 Å². The average molecular weight is 784 g/mol. The van der Waals surface area contributed by atoms with Gasteiger partial charge in [-0.3, -0.25) is 19.1 Å². The van der Waals surface area contributed by atoms with Crippen molar-refractivity contribution in [2.45, 2.75) is 94.9 Å². The van der Waals surface area contributed by atoms with Crippen molar-refractivity contribution in [1.29, 1.82) is 0 Å². The maximum absolute atomic E-state index is 14.5. The molecule has 6 atom stereocenters. The fraction of sp³-hybridized carbons (Fsp3) is 0.500. The van der Waals surface area contributed by atoms with Crippen molar-refractivity contribution in [3.63, 3.8) is 0 Å². The summed E-state index contributed by atoms with van der Waals surface area (Å²) in [5.41, 5.74) is -1.28. The van der Waals surface area contributed by atoms with E-state index in [2.05, 4.69) is 10.6 Å². The highest BCUT2D eigenvalue weighted by molar-refractivity contribution is 7.91. The van der Waals surface area contributed by atoms with E-state index < -0.39 is 93.1 Å². The fourth-order valence-corrected chi connectivity index (χ4v) is 8.50. The zero-order chi connectivity index (χ0) is 39.4. The van der Waals surface area contributed by atoms with Gasteiger partial charge in [0.2, 0.25) is 34.1 Å². The number of carbonyl (C=O) groups is 4. The molecule has 4 aliphatic rings. The third kappa shape index (κ3) is 7.89. The van der Waals surface area contributed by atoms with Crippen LogP contribution in [0.2, 0.25) is 0 Å². The number of sulfonamides is 1. The summed E-state index contributed by atoms with van der Waals surface area (Å²) in [4.78, 5) is 61.3. The lowest BCUT2D eigenvalue weighted by molar-refractivity contribution is -0.143. The van der Waals surface area contributed by atoms with E-state index in [1.807, 2.05) is 41.1 Å². The summed E-state index contributed by atoms with van der Waals surface area (Å²) in [6, 6.07) is 13.8. The molecule has 2 aliphatic heterocycles. The summed E-state index contributed by atoms with van der Waals surface area (Å²) in [5.74, 6) is -3.90. The van der Waals surface area contributed by atoms with E-state index in [0.29, 0.717) is 35.2 Å². The first kappa shape index (κ1) is 38.2. The second kappa shape index (κ2) is 14.2. The van der Waals surface area contributed by atoms with Crippen molar-refractivity contribution in [3.05, 3.63) is 54.6 Å². The lowest BCUT2D eigenvalue weighted by atomic mass is 9.85. The minimum absolute atomic E-state index is 0.162. The van der Waals surface area contributed by atoms with Crippen molar-refractivity contribution in [1.82, 2.24) is 25.2 Å². The van der Waals surface area contributed by atoms with Gasteiger partial charge < -0.3 is 29.7 Å². The number of carbonyl (C=O) groups excluding carboxylic acids is 4. The number of benzene rings is 2. The van der Waals surface area contributed by atoms with E-state index >= 15 is 0 Å². The van der Waals surface area contributed by atoms with Crippen LogP contribution in [0.25, 0.3) is 22.0 Å². The summed E-state index contributed by atoms with van der Waals surface area (Å²) in [5, 5.41) is 5.05. The maximum Gasteiger partial charge on any atom is 0.407 e. The second-order valence-electron chi connectivity index (χ2n) is 15.8. The number of alkyl carbamates (subject to hydrolysis) is 1. The van der Waals surface area contributed by atoms with E-state index in [4.69, 9.17) is 19.2 Å². The van der Waals surface area contributed by atoms with Crippen LogP contribution in [0.1, 0.15) is 53.4 Å². The summed E-state index contributed by atoms with van der Waals surface area (Å²) >= 11 is 0. The highest BCUT2D eigenvalue weighted by atomic mass is 32.2. The Hall–Kier alpha value is -5.06. The maximum atomic E-state index is 14.5. The van der Waals surface area contributed by atoms with Crippen molar-refractivity contribution >= 4 is 44.7 Å². The summed E-state index contributed by atoms with van der Waals surface area (Å²) < 4.78 is 73.6. The Kier molecular flexibility index (Phi) is 9.88. The number of pyridine rings is 1. The predicted molar refractivity (Wildman–Crippen MR) is 195 cm³/mol. The van der Waals surface area contributed by atoms with Gasteiger partial charge in [-0.15, -0.1) is 0 Å². The van der Waals surface area contributed by atoms with Crippen LogP contribution in [-0.2, 0) is 29.1 Å². The van der Waals surface area contributed by atoms with Crippen LogP contribution >= 0.6 is 0 Å². The van der Waals surface area contributed by atoms with Crippen molar-refractivity contribution in [3.8, 4) is 22.8 Å². The highest BCUT2D eigenvalue weighted by Crippen LogP contribution is 2.48. The lowest BCUT2D eigenvalue weighted by Crippen LogP contribution is -2.60. The van der Waals surface area contributed by atoms with Gasteiger partial charge in [-0.2, -0.15) is 0 Å². The van der Waals surface area contributed by atoms with Gasteiger partial charge in [0.25, 0.3) is 5.91 Å². The molecule has 1 saturated heterocycles. The van der Waals surface area contributed by atoms with Crippen LogP contribution in [0, 0.1) is 11.3 Å². The second-order valence-corrected chi connectivity index (χ2v) is 17.8. The molecule has 2 saturated carbocycles. The number of para-hydroxylation sites is 1. The van der Waals surface area contributed by atoms with Crippen LogP contribution < -0.4 is 24.8 Å². The van der Waals surface area contributed by atoms with Crippen LogP contribution in [0.15, 0.2) is 54.6 Å². The largest absolute Gasteiger partial charge is 0.487 e. The molecule has 3 fully saturated rings. The van der Waals surface area contributed by atoms with E-state index in [9.17, 15) is 36.4 Å². The number of rotatable bonds is 6. The third-order valence-electron chi connectivity index (χ3n) is 10.4. The molecule has 0 spiro atoms. The standard InChI is InChI=1S/C38H43F2N5O9S/c1-20-19-52-36(49)42-30(37(2,3)4)34(47)45-18-24(54-33-26(21-9-7-10-23(14-21)53-20)15-22-8-5-6-11-28(22)41-33)16-29(45)32(46)43-38(17-27(38)31(39)40)35(48)44-55(50,51)25-12-13-25/h5-11,14-15,20,24-25,27,29-31H,12-13,16-19H2,1-4H3,(H,42,49)(H,43,46)(H,44,48)/t20-,24?,27+,29+,30+,38?/m1/s1. The molecule has 3 N–H and O–H groups in total. The number of fused-ring (bicyclic) bond motifs is 7. The SMILES string of the molecule is C[C@@H]1COC(=O)N[C@H](C(C)(C)C)C(=O)N2CC(C[C@H]2C(=O)NC2(C(=O)NS(=O)(=O)C3CC3)C[C@H]2C(F)F)Oc2nc3ccccc3cc2-c2cccc(c2)O1. The minimum atomic E-state index is -4.14. The molecule has 0 radical (unpaired) electrons. The quantitative estimate of drug-likeness (QED) is 0.332. The number of nitrogens with zero attached hydrogens (tertiary/aromatic N) is 2. The van der Waals surface area contributed by atoms with Crippen LogP contribution in [0.5, 0.6) is 11.6 Å². The van der Waals surface area contributed by atoms with Crippen LogP contribution in [-0.4, -0.2) is 96.8 Å². The van der Waals surface area contributed by atoms with Crippen molar-refractivity contribution < 1.29 is 50.6 Å². The summed E-state index contributed by atoms with van der Waals surface area (Å²) in [6.45, 7) is 6.47. The smallest absolute Gasteiger partial charge is 0.407 e. The molecule has 1 aromatic heterocycles. The lowest BCUT2D eigenvalue weighted by Gasteiger charge is -2.35. The predicted octanol–water partition coefficient (Wildman–Crippen LogP) is 3.92. The van der Waals surface area contributed by atoms with Crippen LogP contribution in [0.4, 0.5) is 13.6 Å². The Balaban J connectivity index is 1.27. The van der Waals surface area contributed by atoms with Gasteiger partial charge in [-0.05, 0) is 61.4 Å². The van der Waals surface area contributed by atoms with Crippen molar-refractivity contribution in [2.75, 3.05) is 13.2 Å². The average Bonchev–Trinajstić information content (AvgIpc) is 4.05. The van der Waals surface area contributed by atoms with Gasteiger partial charge in [0, 0.05) is 17.4 Å². The Morgan fingerprint density at radius 3 is 2.49 bits per heavy atom. The molecule has 2 aromatic carbocycles. The monoisotopic (exact) mass is 783 g/mol. The topological polar surface area (TPSA) is 182 Å². The third-order valence-corrected chi connectivity index (χ3v) is 12.2. The molecule has 294 valence electrons. The number of alkyl halides is 2. The fourth-order valence-electron chi connectivity index (χ4n) is 7.14. The molecular formula is C38H43F2N5O9S. The molecular weight excluding hydrogens is 741 g/mol. The molecule has 3 aromatic rings. The number of aromatic nitrogens is 1. The first-order valence-corrected chi connectivity index (χ1v) is 19.7. The van der Waals surface area contributed by atoms with Gasteiger partial charge in [-0.25, -0.2) is 27.0 Å². The van der Waals surface area contributed by atoms with Crippen LogP contribution in [0.3, 0.4) is 0 Å². The minimum Gasteiger partial charge on any atom is -0.487 e. The Morgan fingerprint density at radius 2 is 1.80 bits per heavy atom. The number of halogens is 2. The summed E-state index contributed by atoms with van der Waals surface area (Å²) in [7, 11) is -4.14. The first-order chi connectivity index (χ1) is 25.9. The zero-order valence-electron chi connectivity index (χ0n) is 30.7. The highest BCUT2D eigenvalue weighted by Gasteiger charge is 2.67.